The molecular formula is C11H14N4S. The van der Waals surface area contributed by atoms with Gasteiger partial charge in [-0.05, 0) is 24.3 Å². The van der Waals surface area contributed by atoms with Gasteiger partial charge in [0, 0.05) is 30.0 Å². The third-order valence-corrected chi connectivity index (χ3v) is 3.22. The number of anilines is 1. The van der Waals surface area contributed by atoms with Gasteiger partial charge in [-0.3, -0.25) is 0 Å². The Balaban J connectivity index is 1.70. The standard InChI is InChI=1S/C11H14N4S/c12-11-3-2-10(8-14-11)16-7-1-5-15-6-4-13-9-15/h2-4,6,8-9H,1,5,7H2,(H2,12,14). The van der Waals surface area contributed by atoms with Crippen molar-refractivity contribution in [2.24, 2.45) is 0 Å². The van der Waals surface area contributed by atoms with Crippen molar-refractivity contribution in [3.8, 4) is 0 Å². The topological polar surface area (TPSA) is 56.7 Å². The summed E-state index contributed by atoms with van der Waals surface area (Å²) in [6.07, 6.45) is 8.56. The zero-order valence-corrected chi connectivity index (χ0v) is 9.73. The SMILES string of the molecule is Nc1ccc(SCCCn2ccnc2)cn1. The molecule has 2 N–H and O–H groups in total. The fourth-order valence-corrected chi connectivity index (χ4v) is 2.13. The van der Waals surface area contributed by atoms with Gasteiger partial charge >= 0.3 is 0 Å². The van der Waals surface area contributed by atoms with Crippen molar-refractivity contribution in [2.45, 2.75) is 17.9 Å². The summed E-state index contributed by atoms with van der Waals surface area (Å²) in [6, 6.07) is 3.84. The molecular weight excluding hydrogens is 220 g/mol. The number of nitrogens with zero attached hydrogens (tertiary/aromatic N) is 3. The summed E-state index contributed by atoms with van der Waals surface area (Å²) in [6.45, 7) is 1.01. The first-order valence-electron chi connectivity index (χ1n) is 5.14. The van der Waals surface area contributed by atoms with Crippen molar-refractivity contribution in [2.75, 3.05) is 11.5 Å². The number of aromatic nitrogens is 3. The van der Waals surface area contributed by atoms with Crippen LogP contribution in [0.15, 0.2) is 41.9 Å². The molecule has 2 heterocycles. The fraction of sp³-hybridized carbons (Fsp3) is 0.273. The Morgan fingerprint density at radius 2 is 2.31 bits per heavy atom. The van der Waals surface area contributed by atoms with Gasteiger partial charge in [-0.2, -0.15) is 0 Å². The first-order chi connectivity index (χ1) is 7.84. The number of aryl methyl sites for hydroxylation is 1. The minimum absolute atomic E-state index is 0.572. The molecule has 0 bridgehead atoms. The maximum atomic E-state index is 5.52. The number of hydrogen-bond donors (Lipinski definition) is 1. The van der Waals surface area contributed by atoms with E-state index < -0.39 is 0 Å². The van der Waals surface area contributed by atoms with Crippen LogP contribution < -0.4 is 5.73 Å². The molecule has 4 nitrogen and oxygen atoms in total. The molecule has 0 saturated heterocycles. The van der Waals surface area contributed by atoms with Crippen LogP contribution in [0.2, 0.25) is 0 Å². The summed E-state index contributed by atoms with van der Waals surface area (Å²) in [5.41, 5.74) is 5.52. The van der Waals surface area contributed by atoms with Gasteiger partial charge < -0.3 is 10.3 Å². The summed E-state index contributed by atoms with van der Waals surface area (Å²) in [5, 5.41) is 0. The molecule has 0 saturated carbocycles. The number of nitrogen functional groups attached to an aromatic ring is 1. The third kappa shape index (κ3) is 3.27. The Kier molecular flexibility index (Phi) is 3.82. The highest BCUT2D eigenvalue weighted by Gasteiger charge is 1.95. The van der Waals surface area contributed by atoms with E-state index in [1.54, 1.807) is 18.0 Å². The van der Waals surface area contributed by atoms with Crippen LogP contribution in [-0.2, 0) is 6.54 Å². The summed E-state index contributed by atoms with van der Waals surface area (Å²) < 4.78 is 2.09. The average Bonchev–Trinajstić information content (AvgIpc) is 2.80. The highest BCUT2D eigenvalue weighted by Crippen LogP contribution is 2.18. The van der Waals surface area contributed by atoms with Gasteiger partial charge in [-0.1, -0.05) is 0 Å². The van der Waals surface area contributed by atoms with Crippen molar-refractivity contribution in [3.05, 3.63) is 37.1 Å². The average molecular weight is 234 g/mol. The largest absolute Gasteiger partial charge is 0.384 e. The molecule has 0 amide bonds. The monoisotopic (exact) mass is 234 g/mol. The van der Waals surface area contributed by atoms with Crippen molar-refractivity contribution in [1.29, 1.82) is 0 Å². The summed E-state index contributed by atoms with van der Waals surface area (Å²) in [4.78, 5) is 9.22. The van der Waals surface area contributed by atoms with Crippen LogP contribution in [0, 0.1) is 0 Å². The normalized spacial score (nSPS) is 10.5. The lowest BCUT2D eigenvalue weighted by molar-refractivity contribution is 0.683. The van der Waals surface area contributed by atoms with Gasteiger partial charge in [0.15, 0.2) is 0 Å². The molecule has 0 fully saturated rings. The van der Waals surface area contributed by atoms with Gasteiger partial charge in [0.25, 0.3) is 0 Å². The van der Waals surface area contributed by atoms with Crippen LogP contribution in [0.4, 0.5) is 5.82 Å². The zero-order valence-electron chi connectivity index (χ0n) is 8.91. The van der Waals surface area contributed by atoms with Gasteiger partial charge in [-0.25, -0.2) is 9.97 Å². The molecule has 2 aromatic rings. The second-order valence-corrected chi connectivity index (χ2v) is 4.59. The third-order valence-electron chi connectivity index (χ3n) is 2.15. The van der Waals surface area contributed by atoms with E-state index in [-0.39, 0.29) is 0 Å². The number of hydrogen-bond acceptors (Lipinski definition) is 4. The lowest BCUT2D eigenvalue weighted by Gasteiger charge is -2.02. The Hall–Kier alpha value is -1.49. The first-order valence-corrected chi connectivity index (χ1v) is 6.13. The van der Waals surface area contributed by atoms with Crippen molar-refractivity contribution >= 4 is 17.6 Å². The van der Waals surface area contributed by atoms with Crippen LogP contribution >= 0.6 is 11.8 Å². The van der Waals surface area contributed by atoms with E-state index in [9.17, 15) is 0 Å². The van der Waals surface area contributed by atoms with Gasteiger partial charge in [0.2, 0.25) is 0 Å². The second-order valence-electron chi connectivity index (χ2n) is 3.42. The van der Waals surface area contributed by atoms with Crippen LogP contribution in [0.25, 0.3) is 0 Å². The molecule has 2 rings (SSSR count). The van der Waals surface area contributed by atoms with E-state index in [2.05, 4.69) is 14.5 Å². The summed E-state index contributed by atoms with van der Waals surface area (Å²) in [5.74, 6) is 1.65. The van der Waals surface area contributed by atoms with Gasteiger partial charge in [0.05, 0.1) is 6.33 Å². The molecule has 0 spiro atoms. The Morgan fingerprint density at radius 3 is 3.00 bits per heavy atom. The molecule has 0 aromatic carbocycles. The predicted octanol–water partition coefficient (Wildman–Crippen LogP) is 2.04. The van der Waals surface area contributed by atoms with E-state index in [4.69, 9.17) is 5.73 Å². The molecule has 0 aliphatic rings. The lowest BCUT2D eigenvalue weighted by Crippen LogP contribution is -1.95. The van der Waals surface area contributed by atoms with E-state index in [1.807, 2.05) is 30.9 Å². The Morgan fingerprint density at radius 1 is 1.38 bits per heavy atom. The number of nitrogens with two attached hydrogens (primary N) is 1. The zero-order chi connectivity index (χ0) is 11.2. The summed E-state index contributed by atoms with van der Waals surface area (Å²) in [7, 11) is 0. The van der Waals surface area contributed by atoms with E-state index in [1.165, 1.54) is 4.90 Å². The van der Waals surface area contributed by atoms with E-state index in [0.717, 1.165) is 18.7 Å². The molecule has 5 heteroatoms. The number of thioether (sulfide) groups is 1. The van der Waals surface area contributed by atoms with Crippen LogP contribution in [0.1, 0.15) is 6.42 Å². The molecule has 0 atom stereocenters. The van der Waals surface area contributed by atoms with Gasteiger partial charge in [0.1, 0.15) is 5.82 Å². The van der Waals surface area contributed by atoms with Crippen molar-refractivity contribution in [3.63, 3.8) is 0 Å². The minimum Gasteiger partial charge on any atom is -0.384 e. The molecule has 16 heavy (non-hydrogen) atoms. The van der Waals surface area contributed by atoms with Crippen molar-refractivity contribution in [1.82, 2.24) is 14.5 Å². The van der Waals surface area contributed by atoms with Crippen LogP contribution in [-0.4, -0.2) is 20.3 Å². The molecule has 84 valence electrons. The molecule has 0 unspecified atom stereocenters. The predicted molar refractivity (Wildman–Crippen MR) is 66.2 cm³/mol. The second kappa shape index (κ2) is 5.55. The molecule has 2 aromatic heterocycles. The highest BCUT2D eigenvalue weighted by atomic mass is 32.2. The minimum atomic E-state index is 0.572. The first kappa shape index (κ1) is 11.0. The Bertz CT molecular complexity index is 410. The highest BCUT2D eigenvalue weighted by molar-refractivity contribution is 7.99. The molecule has 0 aliphatic carbocycles. The molecule has 0 aliphatic heterocycles. The van der Waals surface area contributed by atoms with Crippen LogP contribution in [0.3, 0.4) is 0 Å². The van der Waals surface area contributed by atoms with E-state index >= 15 is 0 Å². The van der Waals surface area contributed by atoms with Gasteiger partial charge in [-0.15, -0.1) is 11.8 Å². The quantitative estimate of drug-likeness (QED) is 0.635. The van der Waals surface area contributed by atoms with E-state index in [0.29, 0.717) is 5.82 Å². The number of pyridine rings is 1. The Labute approximate surface area is 98.9 Å². The maximum Gasteiger partial charge on any atom is 0.123 e. The number of rotatable bonds is 5. The lowest BCUT2D eigenvalue weighted by atomic mass is 10.5. The smallest absolute Gasteiger partial charge is 0.123 e. The maximum absolute atomic E-state index is 5.52. The number of imidazole rings is 1. The van der Waals surface area contributed by atoms with Crippen LogP contribution in [0.5, 0.6) is 0 Å². The fourth-order valence-electron chi connectivity index (χ4n) is 1.33. The van der Waals surface area contributed by atoms with Crippen molar-refractivity contribution < 1.29 is 0 Å². The molecule has 0 radical (unpaired) electrons. The summed E-state index contributed by atoms with van der Waals surface area (Å²) >= 11 is 1.80.